The number of amides is 1. The van der Waals surface area contributed by atoms with E-state index in [4.69, 9.17) is 10.5 Å². The number of rotatable bonds is 12. The zero-order valence-electron chi connectivity index (χ0n) is 18.7. The average Bonchev–Trinajstić information content (AvgIpc) is 2.71. The number of carbonyl (C=O) groups excluding carboxylic acids is 2. The molecule has 0 fully saturated rings. The second-order valence-corrected chi connectivity index (χ2v) is 7.95. The van der Waals surface area contributed by atoms with Crippen molar-refractivity contribution < 1.29 is 14.3 Å². The minimum absolute atomic E-state index is 0.0556. The maximum Gasteiger partial charge on any atom is 0.242 e. The highest BCUT2D eigenvalue weighted by Gasteiger charge is 2.16. The van der Waals surface area contributed by atoms with Gasteiger partial charge in [0.1, 0.15) is 0 Å². The predicted molar refractivity (Wildman–Crippen MR) is 123 cm³/mol. The normalized spacial score (nSPS) is 11.1. The Hall–Kier alpha value is -2.44. The van der Waals surface area contributed by atoms with E-state index in [9.17, 15) is 9.59 Å². The number of fused-ring (bicyclic) bond motifs is 1. The topological polar surface area (TPSA) is 75.9 Å². The number of ether oxygens (including phenoxy) is 1. The lowest BCUT2D eigenvalue weighted by atomic mass is 10.0. The second-order valence-electron chi connectivity index (χ2n) is 7.95. The third kappa shape index (κ3) is 7.11. The number of benzene rings is 2. The standard InChI is InChI=1S/C24H35N3O3/c1-18(2)30-14-6-13-27(12-5-11-25)24(29)17-26(4)23-10-9-21-15-20(19(3)28)7-8-22(21)16-23/h7-10,15-16,18H,5-6,11-14,17,25H2,1-4H3. The van der Waals surface area contributed by atoms with Gasteiger partial charge in [-0.1, -0.05) is 18.2 Å². The predicted octanol–water partition coefficient (Wildman–Crippen LogP) is 3.47. The first kappa shape index (κ1) is 23.8. The Morgan fingerprint density at radius 3 is 2.37 bits per heavy atom. The number of Topliss-reactive ketones (excluding diaryl/α,β-unsaturated/α-hetero) is 1. The van der Waals surface area contributed by atoms with Crippen LogP contribution in [0.1, 0.15) is 44.0 Å². The summed E-state index contributed by atoms with van der Waals surface area (Å²) >= 11 is 0. The molecular formula is C24H35N3O3. The Labute approximate surface area is 180 Å². The van der Waals surface area contributed by atoms with E-state index in [1.54, 1.807) is 6.92 Å². The molecule has 0 heterocycles. The van der Waals surface area contributed by atoms with E-state index >= 15 is 0 Å². The van der Waals surface area contributed by atoms with E-state index in [1.807, 2.05) is 67.1 Å². The van der Waals surface area contributed by atoms with Crippen LogP contribution >= 0.6 is 0 Å². The molecule has 0 bridgehead atoms. The van der Waals surface area contributed by atoms with E-state index in [0.29, 0.717) is 38.3 Å². The molecule has 2 rings (SSSR count). The minimum atomic E-state index is 0.0556. The molecule has 6 heteroatoms. The van der Waals surface area contributed by atoms with Gasteiger partial charge in [0, 0.05) is 38.0 Å². The monoisotopic (exact) mass is 413 g/mol. The van der Waals surface area contributed by atoms with Crippen LogP contribution in [-0.4, -0.2) is 62.5 Å². The van der Waals surface area contributed by atoms with Crippen molar-refractivity contribution in [1.82, 2.24) is 4.90 Å². The summed E-state index contributed by atoms with van der Waals surface area (Å²) in [6.07, 6.45) is 1.80. The summed E-state index contributed by atoms with van der Waals surface area (Å²) in [4.78, 5) is 28.3. The summed E-state index contributed by atoms with van der Waals surface area (Å²) in [5.74, 6) is 0.141. The van der Waals surface area contributed by atoms with Gasteiger partial charge >= 0.3 is 0 Å². The molecule has 0 atom stereocenters. The van der Waals surface area contributed by atoms with Crippen LogP contribution in [-0.2, 0) is 9.53 Å². The van der Waals surface area contributed by atoms with Crippen LogP contribution in [0.4, 0.5) is 5.69 Å². The van der Waals surface area contributed by atoms with Crippen LogP contribution in [0.2, 0.25) is 0 Å². The summed E-state index contributed by atoms with van der Waals surface area (Å²) in [6, 6.07) is 11.7. The molecule has 0 radical (unpaired) electrons. The molecule has 0 aliphatic heterocycles. The highest BCUT2D eigenvalue weighted by molar-refractivity contribution is 5.99. The number of hydrogen-bond donors (Lipinski definition) is 1. The Morgan fingerprint density at radius 2 is 1.70 bits per heavy atom. The fourth-order valence-electron chi connectivity index (χ4n) is 3.30. The fraction of sp³-hybridized carbons (Fsp3) is 0.500. The summed E-state index contributed by atoms with van der Waals surface area (Å²) < 4.78 is 5.60. The molecular weight excluding hydrogens is 378 g/mol. The van der Waals surface area contributed by atoms with Gasteiger partial charge in [-0.3, -0.25) is 9.59 Å². The molecule has 0 unspecified atom stereocenters. The average molecular weight is 414 g/mol. The minimum Gasteiger partial charge on any atom is -0.379 e. The van der Waals surface area contributed by atoms with Crippen LogP contribution in [0, 0.1) is 0 Å². The fourth-order valence-corrected chi connectivity index (χ4v) is 3.30. The summed E-state index contributed by atoms with van der Waals surface area (Å²) in [5.41, 5.74) is 7.32. The second kappa shape index (κ2) is 11.7. The van der Waals surface area contributed by atoms with E-state index in [0.717, 1.165) is 29.3 Å². The molecule has 0 aliphatic carbocycles. The van der Waals surface area contributed by atoms with Crippen LogP contribution in [0.15, 0.2) is 36.4 Å². The van der Waals surface area contributed by atoms with Crippen molar-refractivity contribution in [1.29, 1.82) is 0 Å². The highest BCUT2D eigenvalue weighted by atomic mass is 16.5. The zero-order chi connectivity index (χ0) is 22.1. The Morgan fingerprint density at radius 1 is 1.03 bits per heavy atom. The number of likely N-dealkylation sites (N-methyl/N-ethyl adjacent to an activating group) is 1. The Balaban J connectivity index is 2.03. The molecule has 6 nitrogen and oxygen atoms in total. The van der Waals surface area contributed by atoms with Crippen molar-refractivity contribution in [3.63, 3.8) is 0 Å². The maximum absolute atomic E-state index is 12.9. The van der Waals surface area contributed by atoms with Crippen LogP contribution in [0.3, 0.4) is 0 Å². The van der Waals surface area contributed by atoms with Crippen molar-refractivity contribution in [2.75, 3.05) is 44.7 Å². The lowest BCUT2D eigenvalue weighted by Gasteiger charge is -2.27. The maximum atomic E-state index is 12.9. The van der Waals surface area contributed by atoms with Gasteiger partial charge in [-0.15, -0.1) is 0 Å². The molecule has 1 amide bonds. The number of hydrogen-bond acceptors (Lipinski definition) is 5. The third-order valence-electron chi connectivity index (χ3n) is 5.05. The van der Waals surface area contributed by atoms with Crippen molar-refractivity contribution in [3.8, 4) is 0 Å². The zero-order valence-corrected chi connectivity index (χ0v) is 18.7. The van der Waals surface area contributed by atoms with Gasteiger partial charge in [-0.05, 0) is 69.1 Å². The lowest BCUT2D eigenvalue weighted by molar-refractivity contribution is -0.130. The molecule has 2 aromatic rings. The Kier molecular flexibility index (Phi) is 9.27. The van der Waals surface area contributed by atoms with Gasteiger partial charge in [-0.25, -0.2) is 0 Å². The number of nitrogens with zero attached hydrogens (tertiary/aromatic N) is 2. The molecule has 2 N–H and O–H groups in total. The van der Waals surface area contributed by atoms with Gasteiger partial charge in [0.05, 0.1) is 12.6 Å². The summed E-state index contributed by atoms with van der Waals surface area (Å²) in [6.45, 7) is 8.43. The highest BCUT2D eigenvalue weighted by Crippen LogP contribution is 2.23. The molecule has 30 heavy (non-hydrogen) atoms. The van der Waals surface area contributed by atoms with Gasteiger partial charge < -0.3 is 20.3 Å². The lowest BCUT2D eigenvalue weighted by Crippen LogP contribution is -2.41. The van der Waals surface area contributed by atoms with E-state index in [-0.39, 0.29) is 17.8 Å². The molecule has 2 aromatic carbocycles. The van der Waals surface area contributed by atoms with Gasteiger partial charge in [-0.2, -0.15) is 0 Å². The van der Waals surface area contributed by atoms with Crippen molar-refractivity contribution in [2.24, 2.45) is 5.73 Å². The van der Waals surface area contributed by atoms with Crippen molar-refractivity contribution in [3.05, 3.63) is 42.0 Å². The molecule has 0 saturated heterocycles. The summed E-state index contributed by atoms with van der Waals surface area (Å²) in [7, 11) is 1.92. The first-order chi connectivity index (χ1) is 14.3. The van der Waals surface area contributed by atoms with Gasteiger partial charge in [0.2, 0.25) is 5.91 Å². The molecule has 0 saturated carbocycles. The van der Waals surface area contributed by atoms with E-state index in [2.05, 4.69) is 0 Å². The number of anilines is 1. The first-order valence-electron chi connectivity index (χ1n) is 10.7. The van der Waals surface area contributed by atoms with Crippen LogP contribution < -0.4 is 10.6 Å². The SMILES string of the molecule is CC(=O)c1ccc2cc(N(C)CC(=O)N(CCCN)CCCOC(C)C)ccc2c1. The van der Waals surface area contributed by atoms with Crippen LogP contribution in [0.5, 0.6) is 0 Å². The first-order valence-corrected chi connectivity index (χ1v) is 10.7. The molecule has 0 aromatic heterocycles. The van der Waals surface area contributed by atoms with Gasteiger partial charge in [0.15, 0.2) is 5.78 Å². The third-order valence-corrected chi connectivity index (χ3v) is 5.05. The van der Waals surface area contributed by atoms with E-state index < -0.39 is 0 Å². The van der Waals surface area contributed by atoms with Crippen molar-refractivity contribution in [2.45, 2.75) is 39.7 Å². The van der Waals surface area contributed by atoms with Crippen molar-refractivity contribution >= 4 is 28.2 Å². The molecule has 0 spiro atoms. The number of carbonyl (C=O) groups is 2. The number of ketones is 1. The molecule has 0 aliphatic rings. The largest absolute Gasteiger partial charge is 0.379 e. The van der Waals surface area contributed by atoms with Crippen LogP contribution in [0.25, 0.3) is 10.8 Å². The van der Waals surface area contributed by atoms with Gasteiger partial charge in [0.25, 0.3) is 0 Å². The number of nitrogens with two attached hydrogens (primary N) is 1. The molecule has 164 valence electrons. The van der Waals surface area contributed by atoms with E-state index in [1.165, 1.54) is 0 Å². The quantitative estimate of drug-likeness (QED) is 0.426. The smallest absolute Gasteiger partial charge is 0.242 e. The summed E-state index contributed by atoms with van der Waals surface area (Å²) in [5, 5.41) is 2.06. The Bertz CT molecular complexity index is 851.